The molecule has 0 aromatic heterocycles. The van der Waals surface area contributed by atoms with E-state index in [4.69, 9.17) is 0 Å². The van der Waals surface area contributed by atoms with E-state index in [2.05, 4.69) is 5.09 Å². The van der Waals surface area contributed by atoms with Crippen molar-refractivity contribution < 1.29 is 4.89 Å². The van der Waals surface area contributed by atoms with Gasteiger partial charge in [0.05, 0.1) is 0 Å². The zero-order valence-electron chi connectivity index (χ0n) is 5.26. The molecule has 4 heteroatoms. The Kier molecular flexibility index (Phi) is 1.54. The second-order valence-corrected chi connectivity index (χ2v) is 5.03. The lowest BCUT2D eigenvalue weighted by molar-refractivity contribution is 0.495. The highest BCUT2D eigenvalue weighted by Crippen LogP contribution is 2.51. The van der Waals surface area contributed by atoms with Gasteiger partial charge in [-0.05, 0) is 7.05 Å². The van der Waals surface area contributed by atoms with Crippen LogP contribution >= 0.6 is 7.79 Å². The molecule has 1 aliphatic heterocycles. The van der Waals surface area contributed by atoms with Gasteiger partial charge >= 0.3 is 0 Å². The fraction of sp³-hybridized carbons (Fsp3) is 1.00. The maximum atomic E-state index is 9.39. The Morgan fingerprint density at radius 1 is 1.75 bits per heavy atom. The first kappa shape index (κ1) is 6.43. The third kappa shape index (κ3) is 1.00. The van der Waals surface area contributed by atoms with Crippen LogP contribution in [0.3, 0.4) is 0 Å². The molecule has 8 heavy (non-hydrogen) atoms. The average Bonchev–Trinajstić information content (AvgIpc) is 1.86. The van der Waals surface area contributed by atoms with Crippen molar-refractivity contribution in [3.05, 3.63) is 0 Å². The number of hydrogen-bond donors (Lipinski definition) is 2. The van der Waals surface area contributed by atoms with Gasteiger partial charge in [-0.15, -0.1) is 0 Å². The predicted molar refractivity (Wildman–Crippen MR) is 35.7 cm³/mol. The largest absolute Gasteiger partial charge is 0.353 e. The Morgan fingerprint density at radius 3 is 2.50 bits per heavy atom. The molecule has 3 nitrogen and oxygen atoms in total. The normalized spacial score (nSPS) is 40.9. The van der Waals surface area contributed by atoms with Crippen molar-refractivity contribution in [2.45, 2.75) is 0 Å². The molecule has 1 atom stereocenters. The summed E-state index contributed by atoms with van der Waals surface area (Å²) < 4.78 is 1.98. The summed E-state index contributed by atoms with van der Waals surface area (Å²) in [5.41, 5.74) is 0. The predicted octanol–water partition coefficient (Wildman–Crippen LogP) is -0.0939. The minimum Gasteiger partial charge on any atom is -0.353 e. The van der Waals surface area contributed by atoms with Gasteiger partial charge in [-0.1, -0.05) is 0 Å². The van der Waals surface area contributed by atoms with Gasteiger partial charge in [-0.3, -0.25) is 9.76 Å². The molecular formula is C4H12N2OP. The van der Waals surface area contributed by atoms with Gasteiger partial charge in [0.2, 0.25) is 0 Å². The summed E-state index contributed by atoms with van der Waals surface area (Å²) >= 11 is 0. The number of hydrogen-bond acceptors (Lipinski definition) is 3. The lowest BCUT2D eigenvalue weighted by Gasteiger charge is -2.26. The van der Waals surface area contributed by atoms with E-state index in [0.29, 0.717) is 0 Å². The van der Waals surface area contributed by atoms with Crippen LogP contribution in [0.2, 0.25) is 0 Å². The summed E-state index contributed by atoms with van der Waals surface area (Å²) in [5, 5.41) is 3.04. The summed E-state index contributed by atoms with van der Waals surface area (Å²) in [6.45, 7) is 3.76. The molecule has 1 radical (unpaired) electrons. The first-order valence-corrected chi connectivity index (χ1v) is 4.83. The lowest BCUT2D eigenvalue weighted by atomic mass is 10.7. The van der Waals surface area contributed by atoms with E-state index in [9.17, 15) is 4.89 Å². The molecule has 1 saturated heterocycles. The summed E-state index contributed by atoms with van der Waals surface area (Å²) in [6.07, 6.45) is 0. The molecule has 0 bridgehead atoms. The minimum absolute atomic E-state index is 0.928. The van der Waals surface area contributed by atoms with E-state index in [1.54, 1.807) is 0 Å². The zero-order chi connectivity index (χ0) is 6.20. The summed E-state index contributed by atoms with van der Waals surface area (Å²) in [6, 6.07) is 0. The van der Waals surface area contributed by atoms with Crippen molar-refractivity contribution in [1.82, 2.24) is 9.76 Å². The standard InChI is InChI=1S/C4H12N2OP/c1-6-4-3-5-8(6,2)7/h5,7H,3-4H2,1-2H3. The second kappa shape index (κ2) is 1.92. The third-order valence-electron chi connectivity index (χ3n) is 1.51. The van der Waals surface area contributed by atoms with Crippen molar-refractivity contribution in [1.29, 1.82) is 0 Å². The van der Waals surface area contributed by atoms with Crippen LogP contribution < -0.4 is 5.09 Å². The Balaban J connectivity index is 2.54. The molecule has 49 valence electrons. The van der Waals surface area contributed by atoms with Crippen molar-refractivity contribution >= 4 is 7.79 Å². The van der Waals surface area contributed by atoms with E-state index in [1.165, 1.54) is 0 Å². The molecule has 1 heterocycles. The van der Waals surface area contributed by atoms with Crippen LogP contribution in [0.4, 0.5) is 0 Å². The number of rotatable bonds is 0. The van der Waals surface area contributed by atoms with Gasteiger partial charge in [-0.25, -0.2) is 0 Å². The van der Waals surface area contributed by atoms with Crippen LogP contribution in [0.1, 0.15) is 0 Å². The molecule has 0 spiro atoms. The highest BCUT2D eigenvalue weighted by atomic mass is 31.2. The SMILES string of the molecule is CN1CCN[P]1(C)O. The van der Waals surface area contributed by atoms with Crippen LogP contribution in [-0.2, 0) is 0 Å². The van der Waals surface area contributed by atoms with E-state index in [1.807, 2.05) is 18.4 Å². The summed E-state index contributed by atoms with van der Waals surface area (Å²) in [7, 11) is 0.137. The number of nitrogens with one attached hydrogen (secondary N) is 1. The van der Waals surface area contributed by atoms with Crippen LogP contribution in [0, 0.1) is 0 Å². The third-order valence-corrected chi connectivity index (χ3v) is 3.86. The van der Waals surface area contributed by atoms with Crippen molar-refractivity contribution in [2.24, 2.45) is 0 Å². The molecule has 0 amide bonds. The van der Waals surface area contributed by atoms with E-state index in [-0.39, 0.29) is 0 Å². The van der Waals surface area contributed by atoms with E-state index < -0.39 is 7.79 Å². The second-order valence-electron chi connectivity index (χ2n) is 2.20. The van der Waals surface area contributed by atoms with Gasteiger partial charge < -0.3 is 4.89 Å². The quantitative estimate of drug-likeness (QED) is 0.455. The maximum Gasteiger partial charge on any atom is 0.106 e. The summed E-state index contributed by atoms with van der Waals surface area (Å²) in [4.78, 5) is 9.39. The van der Waals surface area contributed by atoms with Gasteiger partial charge in [0.1, 0.15) is 7.79 Å². The van der Waals surface area contributed by atoms with Crippen molar-refractivity contribution in [2.75, 3.05) is 26.8 Å². The van der Waals surface area contributed by atoms with Crippen molar-refractivity contribution in [3.63, 3.8) is 0 Å². The average molecular weight is 135 g/mol. The Bertz CT molecular complexity index is 96.0. The molecule has 1 aliphatic rings. The topological polar surface area (TPSA) is 35.5 Å². The van der Waals surface area contributed by atoms with Crippen molar-refractivity contribution in [3.8, 4) is 0 Å². The highest BCUT2D eigenvalue weighted by molar-refractivity contribution is 7.65. The van der Waals surface area contributed by atoms with Crippen LogP contribution in [0.25, 0.3) is 0 Å². The molecule has 1 fully saturated rings. The van der Waals surface area contributed by atoms with E-state index in [0.717, 1.165) is 13.1 Å². The molecule has 0 aromatic carbocycles. The molecule has 1 rings (SSSR count). The summed E-state index contributed by atoms with van der Waals surface area (Å²) in [5.74, 6) is 0. The van der Waals surface area contributed by atoms with Crippen LogP contribution in [-0.4, -0.2) is 36.4 Å². The monoisotopic (exact) mass is 135 g/mol. The zero-order valence-corrected chi connectivity index (χ0v) is 6.15. The Hall–Kier alpha value is 0.310. The fourth-order valence-electron chi connectivity index (χ4n) is 0.739. The van der Waals surface area contributed by atoms with Gasteiger partial charge in [0.15, 0.2) is 0 Å². The first-order chi connectivity index (χ1) is 3.63. The Morgan fingerprint density at radius 2 is 2.38 bits per heavy atom. The molecule has 2 N–H and O–H groups in total. The van der Waals surface area contributed by atoms with Gasteiger partial charge in [0.25, 0.3) is 0 Å². The highest BCUT2D eigenvalue weighted by Gasteiger charge is 2.27. The van der Waals surface area contributed by atoms with Crippen LogP contribution in [0.5, 0.6) is 0 Å². The number of nitrogens with zero attached hydrogens (tertiary/aromatic N) is 1. The molecule has 0 aliphatic carbocycles. The Labute approximate surface area is 50.2 Å². The fourth-order valence-corrected chi connectivity index (χ4v) is 1.99. The molecule has 0 saturated carbocycles. The molecular weight excluding hydrogens is 123 g/mol. The molecule has 1 unspecified atom stereocenters. The van der Waals surface area contributed by atoms with Gasteiger partial charge in [0, 0.05) is 19.8 Å². The van der Waals surface area contributed by atoms with Gasteiger partial charge in [-0.2, -0.15) is 0 Å². The maximum absolute atomic E-state index is 9.39. The minimum atomic E-state index is -1.80. The lowest BCUT2D eigenvalue weighted by Crippen LogP contribution is -2.15. The smallest absolute Gasteiger partial charge is 0.106 e. The number of likely N-dealkylation sites (N-methyl/N-ethyl adjacent to an activating group) is 1. The van der Waals surface area contributed by atoms with Crippen LogP contribution in [0.15, 0.2) is 0 Å². The molecule has 0 aromatic rings. The first-order valence-electron chi connectivity index (χ1n) is 2.69. The van der Waals surface area contributed by atoms with E-state index >= 15 is 0 Å².